The Hall–Kier alpha value is -2.19. The highest BCUT2D eigenvalue weighted by Crippen LogP contribution is 2.28. The van der Waals surface area contributed by atoms with Crippen LogP contribution in [0.25, 0.3) is 5.78 Å². The van der Waals surface area contributed by atoms with Gasteiger partial charge < -0.3 is 0 Å². The van der Waals surface area contributed by atoms with Crippen molar-refractivity contribution in [3.8, 4) is 0 Å². The number of carbonyl (C=O) groups is 1. The molecule has 1 aliphatic rings. The van der Waals surface area contributed by atoms with E-state index < -0.39 is 0 Å². The fraction of sp³-hybridized carbons (Fsp3) is 0.471. The van der Waals surface area contributed by atoms with E-state index in [9.17, 15) is 4.79 Å². The molecule has 3 aromatic heterocycles. The summed E-state index contributed by atoms with van der Waals surface area (Å²) in [5.74, 6) is 1.24. The number of rotatable bonds is 5. The third-order valence-corrected chi connectivity index (χ3v) is 5.50. The summed E-state index contributed by atoms with van der Waals surface area (Å²) in [5.41, 5.74) is 1.17. The van der Waals surface area contributed by atoms with Gasteiger partial charge in [0, 0.05) is 36.3 Å². The van der Waals surface area contributed by atoms with Gasteiger partial charge in [0.15, 0.2) is 0 Å². The van der Waals surface area contributed by atoms with E-state index in [0.29, 0.717) is 18.1 Å². The van der Waals surface area contributed by atoms with Crippen LogP contribution in [0.4, 0.5) is 0 Å². The van der Waals surface area contributed by atoms with Crippen LogP contribution in [0, 0.1) is 0 Å². The van der Waals surface area contributed by atoms with Crippen molar-refractivity contribution in [2.45, 2.75) is 38.6 Å². The molecular formula is C17H20N6OS. The number of fused-ring (bicyclic) bond motifs is 1. The van der Waals surface area contributed by atoms with E-state index in [-0.39, 0.29) is 5.78 Å². The molecule has 1 saturated heterocycles. The van der Waals surface area contributed by atoms with Crippen LogP contribution in [0.1, 0.15) is 41.3 Å². The summed E-state index contributed by atoms with van der Waals surface area (Å²) in [6.07, 6.45) is 8.02. The Morgan fingerprint density at radius 2 is 2.28 bits per heavy atom. The van der Waals surface area contributed by atoms with E-state index in [0.717, 1.165) is 37.5 Å². The number of aromatic nitrogens is 5. The number of nitrogens with zero attached hydrogens (tertiary/aromatic N) is 6. The first-order valence-corrected chi connectivity index (χ1v) is 9.30. The van der Waals surface area contributed by atoms with Gasteiger partial charge in [-0.2, -0.15) is 10.1 Å². The van der Waals surface area contributed by atoms with E-state index in [1.165, 1.54) is 10.6 Å². The molecule has 0 aliphatic carbocycles. The lowest BCUT2D eigenvalue weighted by Crippen LogP contribution is -2.34. The summed E-state index contributed by atoms with van der Waals surface area (Å²) < 4.78 is 1.85. The van der Waals surface area contributed by atoms with E-state index in [1.807, 2.05) is 23.0 Å². The smallest absolute Gasteiger partial charge is 0.252 e. The Morgan fingerprint density at radius 3 is 3.16 bits per heavy atom. The van der Waals surface area contributed by atoms with Crippen LogP contribution >= 0.6 is 11.3 Å². The van der Waals surface area contributed by atoms with Crippen LogP contribution in [0.5, 0.6) is 0 Å². The van der Waals surface area contributed by atoms with Gasteiger partial charge >= 0.3 is 0 Å². The van der Waals surface area contributed by atoms with Gasteiger partial charge in [-0.25, -0.2) is 14.5 Å². The van der Waals surface area contributed by atoms with Gasteiger partial charge in [0.2, 0.25) is 0 Å². The number of hydrogen-bond donors (Lipinski definition) is 0. The molecule has 130 valence electrons. The highest BCUT2D eigenvalue weighted by Gasteiger charge is 2.24. The van der Waals surface area contributed by atoms with Crippen molar-refractivity contribution in [1.29, 1.82) is 0 Å². The first-order chi connectivity index (χ1) is 12.2. The molecule has 25 heavy (non-hydrogen) atoms. The molecule has 0 spiro atoms. The molecule has 0 unspecified atom stereocenters. The second kappa shape index (κ2) is 6.97. The topological polar surface area (TPSA) is 76.3 Å². The molecule has 1 atom stereocenters. The normalized spacial score (nSPS) is 18.7. The molecule has 0 saturated carbocycles. The minimum Gasteiger partial charge on any atom is -0.300 e. The molecule has 8 heteroatoms. The lowest BCUT2D eigenvalue weighted by molar-refractivity contribution is -0.116. The van der Waals surface area contributed by atoms with Gasteiger partial charge in [0.25, 0.3) is 5.78 Å². The molecule has 0 N–H and O–H groups in total. The molecule has 0 amide bonds. The van der Waals surface area contributed by atoms with Crippen LogP contribution in [-0.2, 0) is 17.8 Å². The first-order valence-electron chi connectivity index (χ1n) is 8.49. The highest BCUT2D eigenvalue weighted by atomic mass is 32.1. The summed E-state index contributed by atoms with van der Waals surface area (Å²) in [6, 6.07) is 2.05. The minimum absolute atomic E-state index is 0.161. The first kappa shape index (κ1) is 16.3. The van der Waals surface area contributed by atoms with Crippen molar-refractivity contribution in [3.63, 3.8) is 0 Å². The Morgan fingerprint density at radius 1 is 1.36 bits per heavy atom. The van der Waals surface area contributed by atoms with Gasteiger partial charge in [0.1, 0.15) is 17.1 Å². The van der Waals surface area contributed by atoms with Crippen molar-refractivity contribution in [1.82, 2.24) is 29.5 Å². The summed E-state index contributed by atoms with van der Waals surface area (Å²) in [5, 5.41) is 5.23. The van der Waals surface area contributed by atoms with Crippen molar-refractivity contribution in [3.05, 3.63) is 40.4 Å². The minimum atomic E-state index is 0.161. The van der Waals surface area contributed by atoms with Gasteiger partial charge in [-0.15, -0.1) is 11.3 Å². The lowest BCUT2D eigenvalue weighted by atomic mass is 9.94. The van der Waals surface area contributed by atoms with E-state index >= 15 is 0 Å². The summed E-state index contributed by atoms with van der Waals surface area (Å²) in [4.78, 5) is 27.7. The summed E-state index contributed by atoms with van der Waals surface area (Å²) in [6.45, 7) is 4.56. The quantitative estimate of drug-likeness (QED) is 0.697. The van der Waals surface area contributed by atoms with Crippen molar-refractivity contribution >= 4 is 22.9 Å². The molecule has 0 bridgehead atoms. The van der Waals surface area contributed by atoms with Crippen molar-refractivity contribution < 1.29 is 4.79 Å². The van der Waals surface area contributed by atoms with Crippen LogP contribution in [0.3, 0.4) is 0 Å². The maximum Gasteiger partial charge on any atom is 0.252 e. The SMILES string of the molecule is CC(=O)Cc1ncc(CN2CCC[C@H](c3ccnc4ncnn34)C2)s1. The fourth-order valence-electron chi connectivity index (χ4n) is 3.44. The van der Waals surface area contributed by atoms with Crippen molar-refractivity contribution in [2.24, 2.45) is 0 Å². The third-order valence-electron chi connectivity index (χ3n) is 4.51. The molecule has 3 aromatic rings. The number of piperidine rings is 1. The highest BCUT2D eigenvalue weighted by molar-refractivity contribution is 7.11. The molecular weight excluding hydrogens is 336 g/mol. The third kappa shape index (κ3) is 3.59. The lowest BCUT2D eigenvalue weighted by Gasteiger charge is -2.32. The van der Waals surface area contributed by atoms with E-state index in [4.69, 9.17) is 0 Å². The zero-order valence-electron chi connectivity index (χ0n) is 14.1. The van der Waals surface area contributed by atoms with Gasteiger partial charge in [0.05, 0.1) is 12.1 Å². The molecule has 1 aliphatic heterocycles. The maximum atomic E-state index is 11.2. The average Bonchev–Trinajstić information content (AvgIpc) is 3.23. The molecule has 1 fully saturated rings. The number of likely N-dealkylation sites (tertiary alicyclic amines) is 1. The van der Waals surface area contributed by atoms with Crippen molar-refractivity contribution in [2.75, 3.05) is 13.1 Å². The predicted octanol–water partition coefficient (Wildman–Crippen LogP) is 2.09. The monoisotopic (exact) mass is 356 g/mol. The van der Waals surface area contributed by atoms with Crippen LogP contribution < -0.4 is 0 Å². The Kier molecular flexibility index (Phi) is 4.54. The summed E-state index contributed by atoms with van der Waals surface area (Å²) in [7, 11) is 0. The fourth-order valence-corrected chi connectivity index (χ4v) is 4.48. The second-order valence-electron chi connectivity index (χ2n) is 6.51. The predicted molar refractivity (Wildman–Crippen MR) is 94.5 cm³/mol. The molecule has 4 heterocycles. The molecule has 0 aromatic carbocycles. The van der Waals surface area contributed by atoms with Crippen LogP contribution in [0.15, 0.2) is 24.8 Å². The van der Waals surface area contributed by atoms with E-state index in [2.05, 4.69) is 25.0 Å². The van der Waals surface area contributed by atoms with E-state index in [1.54, 1.807) is 24.6 Å². The van der Waals surface area contributed by atoms with Crippen LogP contribution in [0.2, 0.25) is 0 Å². The molecule has 0 radical (unpaired) electrons. The van der Waals surface area contributed by atoms with Gasteiger partial charge in [-0.05, 0) is 32.4 Å². The Bertz CT molecular complexity index is 888. The summed E-state index contributed by atoms with van der Waals surface area (Å²) >= 11 is 1.64. The van der Waals surface area contributed by atoms with Crippen LogP contribution in [-0.4, -0.2) is 48.3 Å². The van der Waals surface area contributed by atoms with Gasteiger partial charge in [-0.3, -0.25) is 9.69 Å². The molecule has 4 rings (SSSR count). The molecule has 7 nitrogen and oxygen atoms in total. The van der Waals surface area contributed by atoms with Gasteiger partial charge in [-0.1, -0.05) is 0 Å². The average molecular weight is 356 g/mol. The number of Topliss-reactive ketones (excluding diaryl/α,β-unsaturated/α-hetero) is 1. The Balaban J connectivity index is 1.47. The number of ketones is 1. The zero-order valence-corrected chi connectivity index (χ0v) is 14.9. The number of thiazole rings is 1. The number of carbonyl (C=O) groups excluding carboxylic acids is 1. The maximum absolute atomic E-state index is 11.2. The largest absolute Gasteiger partial charge is 0.300 e. The number of hydrogen-bond acceptors (Lipinski definition) is 7. The Labute approximate surface area is 149 Å². The second-order valence-corrected chi connectivity index (χ2v) is 7.71. The zero-order chi connectivity index (χ0) is 17.2. The standard InChI is InChI=1S/C17H20N6OS/c1-12(24)7-16-19-8-14(25-16)10-22-6-2-3-13(9-22)15-4-5-18-17-20-11-21-23(15)17/h4-5,8,11,13H,2-3,6-7,9-10H2,1H3/t13-/m0/s1.